The summed E-state index contributed by atoms with van der Waals surface area (Å²) in [6.45, 7) is 4.60. The van der Waals surface area contributed by atoms with E-state index in [-0.39, 0.29) is 0 Å². The van der Waals surface area contributed by atoms with Crippen LogP contribution in [0.5, 0.6) is 5.75 Å². The summed E-state index contributed by atoms with van der Waals surface area (Å²) in [5, 5.41) is 2.46. The quantitative estimate of drug-likeness (QED) is 0.815. The molecule has 132 valence electrons. The zero-order valence-corrected chi connectivity index (χ0v) is 14.3. The molecule has 0 aliphatic heterocycles. The van der Waals surface area contributed by atoms with Gasteiger partial charge in [-0.15, -0.1) is 0 Å². The van der Waals surface area contributed by atoms with Gasteiger partial charge >= 0.3 is 5.97 Å². The molecule has 0 fully saturated rings. The monoisotopic (exact) mass is 345 g/mol. The molecule has 0 aliphatic rings. The first kappa shape index (κ1) is 18.4. The van der Waals surface area contributed by atoms with Crippen molar-refractivity contribution in [3.8, 4) is 5.75 Å². The van der Waals surface area contributed by atoms with E-state index in [2.05, 4.69) is 5.32 Å². The van der Waals surface area contributed by atoms with Crippen molar-refractivity contribution in [2.24, 2.45) is 0 Å². The molecule has 0 bridgehead atoms. The van der Waals surface area contributed by atoms with Crippen molar-refractivity contribution < 1.29 is 23.5 Å². The van der Waals surface area contributed by atoms with Gasteiger partial charge < -0.3 is 14.8 Å². The highest BCUT2D eigenvalue weighted by atomic mass is 19.1. The molecular formula is C19H20FNO4. The normalized spacial score (nSPS) is 11.5. The SMILES string of the molecule is Cc1cccc(O[C@@H](C)C(=O)OCC(=O)Nc2ccc(C)c(F)c2)c1. The minimum absolute atomic E-state index is 0.299. The molecule has 0 aliphatic carbocycles. The Labute approximate surface area is 145 Å². The zero-order chi connectivity index (χ0) is 18.4. The van der Waals surface area contributed by atoms with Gasteiger partial charge in [-0.3, -0.25) is 4.79 Å². The Hall–Kier alpha value is -2.89. The topological polar surface area (TPSA) is 64.6 Å². The molecule has 2 rings (SSSR count). The van der Waals surface area contributed by atoms with E-state index in [4.69, 9.17) is 9.47 Å². The third-order valence-electron chi connectivity index (χ3n) is 3.44. The fraction of sp³-hybridized carbons (Fsp3) is 0.263. The third kappa shape index (κ3) is 5.60. The minimum atomic E-state index is -0.855. The number of aryl methyl sites for hydroxylation is 2. The lowest BCUT2D eigenvalue weighted by molar-refractivity contribution is -0.153. The number of esters is 1. The minimum Gasteiger partial charge on any atom is -0.479 e. The van der Waals surface area contributed by atoms with Gasteiger partial charge in [0, 0.05) is 5.69 Å². The van der Waals surface area contributed by atoms with Crippen molar-refractivity contribution >= 4 is 17.6 Å². The third-order valence-corrected chi connectivity index (χ3v) is 3.44. The number of ether oxygens (including phenoxy) is 2. The molecular weight excluding hydrogens is 325 g/mol. The molecule has 2 aromatic carbocycles. The molecule has 25 heavy (non-hydrogen) atoms. The Balaban J connectivity index is 1.82. The fourth-order valence-corrected chi connectivity index (χ4v) is 2.06. The summed E-state index contributed by atoms with van der Waals surface area (Å²) in [5.74, 6) is -1.09. The van der Waals surface area contributed by atoms with Gasteiger partial charge in [-0.25, -0.2) is 9.18 Å². The highest BCUT2D eigenvalue weighted by Crippen LogP contribution is 2.15. The zero-order valence-electron chi connectivity index (χ0n) is 14.3. The van der Waals surface area contributed by atoms with Crippen LogP contribution in [0.25, 0.3) is 0 Å². The van der Waals surface area contributed by atoms with Gasteiger partial charge in [-0.05, 0) is 56.2 Å². The van der Waals surface area contributed by atoms with Gasteiger partial charge in [0.15, 0.2) is 12.7 Å². The summed E-state index contributed by atoms with van der Waals surface area (Å²) < 4.78 is 23.8. The Bertz CT molecular complexity index is 776. The number of anilines is 1. The maximum absolute atomic E-state index is 13.4. The predicted octanol–water partition coefficient (Wildman–Crippen LogP) is 3.39. The molecule has 6 heteroatoms. The van der Waals surface area contributed by atoms with Crippen LogP contribution in [-0.2, 0) is 14.3 Å². The van der Waals surface area contributed by atoms with Gasteiger partial charge in [-0.1, -0.05) is 18.2 Å². The number of benzene rings is 2. The molecule has 1 N–H and O–H groups in total. The summed E-state index contributed by atoms with van der Waals surface area (Å²) >= 11 is 0. The molecule has 1 amide bonds. The van der Waals surface area contributed by atoms with Crippen LogP contribution in [0.2, 0.25) is 0 Å². The number of carbonyl (C=O) groups is 2. The maximum atomic E-state index is 13.4. The number of halogens is 1. The van der Waals surface area contributed by atoms with Crippen molar-refractivity contribution in [3.63, 3.8) is 0 Å². The second kappa shape index (κ2) is 8.28. The fourth-order valence-electron chi connectivity index (χ4n) is 2.06. The Morgan fingerprint density at radius 3 is 2.60 bits per heavy atom. The number of nitrogens with one attached hydrogen (secondary N) is 1. The van der Waals surface area contributed by atoms with Gasteiger partial charge in [0.1, 0.15) is 11.6 Å². The lowest BCUT2D eigenvalue weighted by atomic mass is 10.2. The molecule has 0 saturated carbocycles. The number of rotatable bonds is 6. The predicted molar refractivity (Wildman–Crippen MR) is 92.0 cm³/mol. The highest BCUT2D eigenvalue weighted by molar-refractivity contribution is 5.93. The van der Waals surface area contributed by atoms with Crippen molar-refractivity contribution in [3.05, 3.63) is 59.4 Å². The number of hydrogen-bond donors (Lipinski definition) is 1. The average molecular weight is 345 g/mol. The molecule has 0 unspecified atom stereocenters. The molecule has 2 aromatic rings. The Morgan fingerprint density at radius 1 is 1.16 bits per heavy atom. The van der Waals surface area contributed by atoms with E-state index < -0.39 is 30.4 Å². The van der Waals surface area contributed by atoms with Crippen LogP contribution in [0.1, 0.15) is 18.1 Å². The number of carbonyl (C=O) groups excluding carboxylic acids is 2. The summed E-state index contributed by atoms with van der Waals surface area (Å²) in [7, 11) is 0. The maximum Gasteiger partial charge on any atom is 0.347 e. The first-order valence-electron chi connectivity index (χ1n) is 7.81. The molecule has 1 atom stereocenters. The van der Waals surface area contributed by atoms with Crippen LogP contribution >= 0.6 is 0 Å². The number of hydrogen-bond acceptors (Lipinski definition) is 4. The van der Waals surface area contributed by atoms with Crippen molar-refractivity contribution in [2.45, 2.75) is 26.9 Å². The largest absolute Gasteiger partial charge is 0.479 e. The molecule has 0 heterocycles. The lowest BCUT2D eigenvalue weighted by Gasteiger charge is -2.14. The van der Waals surface area contributed by atoms with E-state index in [0.29, 0.717) is 17.0 Å². The van der Waals surface area contributed by atoms with E-state index >= 15 is 0 Å². The first-order chi connectivity index (χ1) is 11.8. The summed E-state index contributed by atoms with van der Waals surface area (Å²) in [4.78, 5) is 23.7. The van der Waals surface area contributed by atoms with Gasteiger partial charge in [0.2, 0.25) is 0 Å². The van der Waals surface area contributed by atoms with Crippen LogP contribution in [0.3, 0.4) is 0 Å². The first-order valence-corrected chi connectivity index (χ1v) is 7.81. The van der Waals surface area contributed by atoms with Crippen LogP contribution in [0, 0.1) is 19.7 Å². The van der Waals surface area contributed by atoms with E-state index in [0.717, 1.165) is 5.56 Å². The van der Waals surface area contributed by atoms with E-state index in [1.807, 2.05) is 19.1 Å². The molecule has 5 nitrogen and oxygen atoms in total. The van der Waals surface area contributed by atoms with Crippen LogP contribution in [0.4, 0.5) is 10.1 Å². The Morgan fingerprint density at radius 2 is 1.92 bits per heavy atom. The van der Waals surface area contributed by atoms with Gasteiger partial charge in [0.05, 0.1) is 0 Å². The number of amides is 1. The van der Waals surface area contributed by atoms with Gasteiger partial charge in [0.25, 0.3) is 5.91 Å². The summed E-state index contributed by atoms with van der Waals surface area (Å²) in [6.07, 6.45) is -0.855. The molecule has 0 radical (unpaired) electrons. The highest BCUT2D eigenvalue weighted by Gasteiger charge is 2.18. The van der Waals surface area contributed by atoms with Crippen molar-refractivity contribution in [1.82, 2.24) is 0 Å². The lowest BCUT2D eigenvalue weighted by Crippen LogP contribution is -2.29. The van der Waals surface area contributed by atoms with Crippen molar-refractivity contribution in [2.75, 3.05) is 11.9 Å². The van der Waals surface area contributed by atoms with Crippen LogP contribution in [0.15, 0.2) is 42.5 Å². The smallest absolute Gasteiger partial charge is 0.347 e. The van der Waals surface area contributed by atoms with E-state index in [1.165, 1.54) is 13.0 Å². The van der Waals surface area contributed by atoms with E-state index in [1.54, 1.807) is 31.2 Å². The Kier molecular flexibility index (Phi) is 6.11. The molecule has 0 aromatic heterocycles. The average Bonchev–Trinajstić information content (AvgIpc) is 2.56. The van der Waals surface area contributed by atoms with E-state index in [9.17, 15) is 14.0 Å². The second-order valence-electron chi connectivity index (χ2n) is 5.70. The van der Waals surface area contributed by atoms with Crippen molar-refractivity contribution in [1.29, 1.82) is 0 Å². The summed E-state index contributed by atoms with van der Waals surface area (Å²) in [5.41, 5.74) is 1.78. The summed E-state index contributed by atoms with van der Waals surface area (Å²) in [6, 6.07) is 11.6. The van der Waals surface area contributed by atoms with Crippen LogP contribution < -0.4 is 10.1 Å². The van der Waals surface area contributed by atoms with Gasteiger partial charge in [-0.2, -0.15) is 0 Å². The standard InChI is InChI=1S/C19H20FNO4/c1-12-5-4-6-16(9-12)25-14(3)19(23)24-11-18(22)21-15-8-7-13(2)17(20)10-15/h4-10,14H,11H2,1-3H3,(H,21,22)/t14-/m0/s1. The molecule has 0 spiro atoms. The molecule has 0 saturated heterocycles. The second-order valence-corrected chi connectivity index (χ2v) is 5.70. The van der Waals surface area contributed by atoms with Crippen LogP contribution in [-0.4, -0.2) is 24.6 Å².